The van der Waals surface area contributed by atoms with Crippen LogP contribution >= 0.6 is 0 Å². The fraction of sp³-hybridized carbons (Fsp3) is 0.250. The van der Waals surface area contributed by atoms with Crippen LogP contribution in [0.25, 0.3) is 0 Å². The summed E-state index contributed by atoms with van der Waals surface area (Å²) in [4.78, 5) is 35.6. The van der Waals surface area contributed by atoms with Crippen molar-refractivity contribution in [1.29, 1.82) is 0 Å². The molecular weight excluding hydrogens is 234 g/mol. The van der Waals surface area contributed by atoms with Crippen LogP contribution in [0.2, 0.25) is 0 Å². The first-order valence-electron chi connectivity index (χ1n) is 5.45. The van der Waals surface area contributed by atoms with Crippen LogP contribution in [-0.4, -0.2) is 24.3 Å². The Bertz CT molecular complexity index is 468. The van der Waals surface area contributed by atoms with E-state index in [-0.39, 0.29) is 0 Å². The Morgan fingerprint density at radius 1 is 1.22 bits per heavy atom. The second-order valence-electron chi connectivity index (χ2n) is 3.61. The summed E-state index contributed by atoms with van der Waals surface area (Å²) in [6.07, 6.45) is 0. The third-order valence-electron chi connectivity index (χ3n) is 2.20. The SMILES string of the molecule is CCNC(=O)C(=O)N(C(C)=O)c1ccc(N)cc1. The van der Waals surface area contributed by atoms with Gasteiger partial charge in [0.1, 0.15) is 0 Å². The van der Waals surface area contributed by atoms with Gasteiger partial charge in [-0.25, -0.2) is 4.90 Å². The Morgan fingerprint density at radius 3 is 2.22 bits per heavy atom. The predicted octanol–water partition coefficient (Wildman–Crippen LogP) is 0.284. The molecule has 0 fully saturated rings. The molecule has 0 heterocycles. The average molecular weight is 249 g/mol. The number of carbonyl (C=O) groups is 3. The van der Waals surface area contributed by atoms with Crippen molar-refractivity contribution in [3.05, 3.63) is 24.3 Å². The summed E-state index contributed by atoms with van der Waals surface area (Å²) in [6.45, 7) is 3.22. The molecule has 6 nitrogen and oxygen atoms in total. The largest absolute Gasteiger partial charge is 0.399 e. The molecule has 96 valence electrons. The number of imide groups is 1. The Balaban J connectivity index is 3.03. The van der Waals surface area contributed by atoms with E-state index in [1.807, 2.05) is 0 Å². The van der Waals surface area contributed by atoms with Crippen LogP contribution in [0.1, 0.15) is 13.8 Å². The Morgan fingerprint density at radius 2 is 1.78 bits per heavy atom. The molecule has 0 spiro atoms. The molecule has 0 atom stereocenters. The van der Waals surface area contributed by atoms with E-state index in [4.69, 9.17) is 5.73 Å². The zero-order valence-electron chi connectivity index (χ0n) is 10.3. The highest BCUT2D eigenvalue weighted by atomic mass is 16.2. The molecule has 0 radical (unpaired) electrons. The van der Waals surface area contributed by atoms with Gasteiger partial charge in [-0.1, -0.05) is 0 Å². The van der Waals surface area contributed by atoms with Crippen LogP contribution in [0, 0.1) is 0 Å². The Kier molecular flexibility index (Phi) is 4.42. The number of benzene rings is 1. The highest BCUT2D eigenvalue weighted by Gasteiger charge is 2.26. The molecule has 0 unspecified atom stereocenters. The highest BCUT2D eigenvalue weighted by Crippen LogP contribution is 2.16. The number of nitrogens with zero attached hydrogens (tertiary/aromatic N) is 1. The number of amides is 3. The van der Waals surface area contributed by atoms with Gasteiger partial charge in [0.05, 0.1) is 5.69 Å². The number of anilines is 2. The molecule has 0 bridgehead atoms. The number of rotatable bonds is 2. The smallest absolute Gasteiger partial charge is 0.323 e. The molecular formula is C12H15N3O3. The summed E-state index contributed by atoms with van der Waals surface area (Å²) in [5, 5.41) is 2.35. The van der Waals surface area contributed by atoms with Crippen LogP contribution < -0.4 is 16.0 Å². The second-order valence-corrected chi connectivity index (χ2v) is 3.61. The summed E-state index contributed by atoms with van der Waals surface area (Å²) < 4.78 is 0. The molecule has 18 heavy (non-hydrogen) atoms. The molecule has 1 rings (SSSR count). The van der Waals surface area contributed by atoms with Gasteiger partial charge in [-0.15, -0.1) is 0 Å². The number of nitrogen functional groups attached to an aromatic ring is 1. The third-order valence-corrected chi connectivity index (χ3v) is 2.20. The van der Waals surface area contributed by atoms with Crippen LogP contribution in [0.4, 0.5) is 11.4 Å². The highest BCUT2D eigenvalue weighted by molar-refractivity contribution is 6.45. The number of likely N-dealkylation sites (N-methyl/N-ethyl adjacent to an activating group) is 1. The van der Waals surface area contributed by atoms with Crippen molar-refractivity contribution in [1.82, 2.24) is 5.32 Å². The fourth-order valence-electron chi connectivity index (χ4n) is 1.40. The maximum absolute atomic E-state index is 11.8. The number of nitrogens with one attached hydrogen (secondary N) is 1. The average Bonchev–Trinajstić information content (AvgIpc) is 2.31. The first kappa shape index (κ1) is 13.7. The summed E-state index contributed by atoms with van der Waals surface area (Å²) in [7, 11) is 0. The van der Waals surface area contributed by atoms with E-state index >= 15 is 0 Å². The normalized spacial score (nSPS) is 9.67. The minimum atomic E-state index is -0.908. The van der Waals surface area contributed by atoms with Gasteiger partial charge in [0.2, 0.25) is 5.91 Å². The minimum Gasteiger partial charge on any atom is -0.399 e. The van der Waals surface area contributed by atoms with Gasteiger partial charge in [-0.2, -0.15) is 0 Å². The maximum atomic E-state index is 11.8. The first-order chi connectivity index (χ1) is 8.47. The van der Waals surface area contributed by atoms with Crippen molar-refractivity contribution < 1.29 is 14.4 Å². The van der Waals surface area contributed by atoms with E-state index in [0.717, 1.165) is 4.90 Å². The van der Waals surface area contributed by atoms with Crippen molar-refractivity contribution in [2.75, 3.05) is 17.2 Å². The maximum Gasteiger partial charge on any atom is 0.323 e. The van der Waals surface area contributed by atoms with Gasteiger partial charge in [-0.05, 0) is 31.2 Å². The fourth-order valence-corrected chi connectivity index (χ4v) is 1.40. The van der Waals surface area contributed by atoms with Gasteiger partial charge in [0, 0.05) is 19.2 Å². The molecule has 0 aliphatic heterocycles. The van der Waals surface area contributed by atoms with Gasteiger partial charge < -0.3 is 11.1 Å². The number of carbonyl (C=O) groups excluding carboxylic acids is 3. The van der Waals surface area contributed by atoms with E-state index in [9.17, 15) is 14.4 Å². The van der Waals surface area contributed by atoms with Gasteiger partial charge >= 0.3 is 11.8 Å². The zero-order chi connectivity index (χ0) is 13.7. The lowest BCUT2D eigenvalue weighted by Gasteiger charge is -2.18. The zero-order valence-corrected chi connectivity index (χ0v) is 10.3. The molecule has 1 aromatic rings. The van der Waals surface area contributed by atoms with E-state index in [0.29, 0.717) is 17.9 Å². The first-order valence-corrected chi connectivity index (χ1v) is 5.45. The van der Waals surface area contributed by atoms with Gasteiger partial charge in [0.15, 0.2) is 0 Å². The van der Waals surface area contributed by atoms with Crippen molar-refractivity contribution in [2.45, 2.75) is 13.8 Å². The van der Waals surface area contributed by atoms with Gasteiger partial charge in [-0.3, -0.25) is 14.4 Å². The molecule has 1 aromatic carbocycles. The number of hydrogen-bond acceptors (Lipinski definition) is 4. The molecule has 0 aromatic heterocycles. The summed E-state index contributed by atoms with van der Waals surface area (Å²) in [6, 6.07) is 6.12. The lowest BCUT2D eigenvalue weighted by Crippen LogP contribution is -2.45. The summed E-state index contributed by atoms with van der Waals surface area (Å²) >= 11 is 0. The topological polar surface area (TPSA) is 92.5 Å². The second kappa shape index (κ2) is 5.81. The predicted molar refractivity (Wildman–Crippen MR) is 67.7 cm³/mol. The number of hydrogen-bond donors (Lipinski definition) is 2. The lowest BCUT2D eigenvalue weighted by molar-refractivity contribution is -0.139. The minimum absolute atomic E-state index is 0.313. The van der Waals surface area contributed by atoms with E-state index < -0.39 is 17.7 Å². The summed E-state index contributed by atoms with van der Waals surface area (Å²) in [5.41, 5.74) is 6.34. The molecule has 0 aliphatic rings. The van der Waals surface area contributed by atoms with Crippen molar-refractivity contribution in [3.63, 3.8) is 0 Å². The van der Waals surface area contributed by atoms with Crippen molar-refractivity contribution in [3.8, 4) is 0 Å². The molecule has 0 saturated carbocycles. The van der Waals surface area contributed by atoms with Crippen molar-refractivity contribution >= 4 is 29.1 Å². The van der Waals surface area contributed by atoms with Crippen LogP contribution in [-0.2, 0) is 14.4 Å². The molecule has 3 amide bonds. The van der Waals surface area contributed by atoms with Crippen LogP contribution in [0.3, 0.4) is 0 Å². The van der Waals surface area contributed by atoms with E-state index in [2.05, 4.69) is 5.32 Å². The third kappa shape index (κ3) is 3.07. The van der Waals surface area contributed by atoms with Crippen molar-refractivity contribution in [2.24, 2.45) is 0 Å². The molecule has 3 N–H and O–H groups in total. The standard InChI is InChI=1S/C12H15N3O3/c1-3-14-11(17)12(18)15(8(2)16)10-6-4-9(13)5-7-10/h4-7H,3,13H2,1-2H3,(H,14,17). The quantitative estimate of drug-likeness (QED) is 0.581. The van der Waals surface area contributed by atoms with Crippen LogP contribution in [0.15, 0.2) is 24.3 Å². The molecule has 0 aliphatic carbocycles. The Labute approximate surface area is 105 Å². The molecule has 6 heteroatoms. The Hall–Kier alpha value is -2.37. The van der Waals surface area contributed by atoms with E-state index in [1.165, 1.54) is 19.1 Å². The van der Waals surface area contributed by atoms with E-state index in [1.54, 1.807) is 19.1 Å². The van der Waals surface area contributed by atoms with Crippen LogP contribution in [0.5, 0.6) is 0 Å². The summed E-state index contributed by atoms with van der Waals surface area (Å²) in [5.74, 6) is -2.25. The monoisotopic (exact) mass is 249 g/mol. The number of nitrogens with two attached hydrogens (primary N) is 1. The molecule has 0 saturated heterocycles. The lowest BCUT2D eigenvalue weighted by atomic mass is 10.2. The van der Waals surface area contributed by atoms with Gasteiger partial charge in [0.25, 0.3) is 0 Å².